The number of nitrogens with one attached hydrogen (secondary N) is 1. The van der Waals surface area contributed by atoms with Crippen LogP contribution < -0.4 is 4.90 Å². The van der Waals surface area contributed by atoms with Crippen molar-refractivity contribution in [2.75, 3.05) is 31.1 Å². The zero-order valence-electron chi connectivity index (χ0n) is 15.2. The third-order valence-electron chi connectivity index (χ3n) is 4.73. The van der Waals surface area contributed by atoms with Gasteiger partial charge in [-0.25, -0.2) is 4.98 Å². The van der Waals surface area contributed by atoms with Crippen LogP contribution in [-0.4, -0.2) is 52.2 Å². The molecule has 8 heteroatoms. The lowest BCUT2D eigenvalue weighted by atomic mass is 10.1. The first-order chi connectivity index (χ1) is 13.7. The maximum absolute atomic E-state index is 12.8. The Morgan fingerprint density at radius 2 is 1.82 bits per heavy atom. The first kappa shape index (κ1) is 18.8. The second-order valence-electron chi connectivity index (χ2n) is 6.51. The van der Waals surface area contributed by atoms with E-state index in [0.717, 1.165) is 45.8 Å². The highest BCUT2D eigenvalue weighted by atomic mass is 35.5. The van der Waals surface area contributed by atoms with Crippen molar-refractivity contribution in [3.8, 4) is 0 Å². The molecule has 1 saturated heterocycles. The Morgan fingerprint density at radius 3 is 2.50 bits per heavy atom. The molecule has 1 fully saturated rings. The van der Waals surface area contributed by atoms with E-state index in [1.807, 2.05) is 53.4 Å². The van der Waals surface area contributed by atoms with Gasteiger partial charge >= 0.3 is 0 Å². The lowest BCUT2D eigenvalue weighted by Gasteiger charge is -2.36. The standard InChI is InChI=1S/C20H20ClN5OS/c21-17-3-1-2-4-18(17)25-9-11-26(12-10-25)19(27)16-7-5-15(6-8-16)13-28-20-22-14-23-24-20/h1-8,14H,9-13H2,(H,22,23,24). The van der Waals surface area contributed by atoms with Crippen molar-refractivity contribution in [1.82, 2.24) is 20.1 Å². The van der Waals surface area contributed by atoms with Crippen molar-refractivity contribution in [2.45, 2.75) is 10.9 Å². The first-order valence-electron chi connectivity index (χ1n) is 9.06. The van der Waals surface area contributed by atoms with E-state index in [4.69, 9.17) is 11.6 Å². The predicted octanol–water partition coefficient (Wildman–Crippen LogP) is 3.71. The number of aromatic nitrogens is 3. The minimum absolute atomic E-state index is 0.0771. The molecule has 0 bridgehead atoms. The number of aromatic amines is 1. The summed E-state index contributed by atoms with van der Waals surface area (Å²) in [5.41, 5.74) is 2.89. The number of carbonyl (C=O) groups excluding carboxylic acids is 1. The molecule has 1 amide bonds. The van der Waals surface area contributed by atoms with Gasteiger partial charge in [-0.15, -0.1) is 0 Å². The quantitative estimate of drug-likeness (QED) is 0.646. The zero-order chi connectivity index (χ0) is 19.3. The normalized spacial score (nSPS) is 14.3. The molecule has 4 rings (SSSR count). The highest BCUT2D eigenvalue weighted by molar-refractivity contribution is 7.98. The van der Waals surface area contributed by atoms with Gasteiger partial charge in [0.1, 0.15) is 6.33 Å². The number of amides is 1. The van der Waals surface area contributed by atoms with Crippen LogP contribution in [0.2, 0.25) is 5.02 Å². The monoisotopic (exact) mass is 413 g/mol. The highest BCUT2D eigenvalue weighted by Crippen LogP contribution is 2.26. The maximum atomic E-state index is 12.8. The zero-order valence-corrected chi connectivity index (χ0v) is 16.8. The summed E-state index contributed by atoms with van der Waals surface area (Å²) >= 11 is 7.87. The molecule has 28 heavy (non-hydrogen) atoms. The summed E-state index contributed by atoms with van der Waals surface area (Å²) in [6.45, 7) is 2.93. The minimum Gasteiger partial charge on any atom is -0.367 e. The van der Waals surface area contributed by atoms with Crippen LogP contribution in [-0.2, 0) is 5.75 Å². The van der Waals surface area contributed by atoms with Gasteiger partial charge in [0, 0.05) is 37.5 Å². The molecule has 3 aromatic rings. The van der Waals surface area contributed by atoms with Crippen LogP contribution in [0.5, 0.6) is 0 Å². The fraction of sp³-hybridized carbons (Fsp3) is 0.250. The Bertz CT molecular complexity index is 924. The van der Waals surface area contributed by atoms with Crippen molar-refractivity contribution in [2.24, 2.45) is 0 Å². The lowest BCUT2D eigenvalue weighted by Crippen LogP contribution is -2.48. The number of piperazine rings is 1. The Kier molecular flexibility index (Phi) is 5.83. The van der Waals surface area contributed by atoms with Crippen molar-refractivity contribution >= 4 is 35.0 Å². The van der Waals surface area contributed by atoms with Crippen LogP contribution in [0.3, 0.4) is 0 Å². The SMILES string of the molecule is O=C(c1ccc(CSc2ncn[nH]2)cc1)N1CCN(c2ccccc2Cl)CC1. The number of nitrogens with zero attached hydrogens (tertiary/aromatic N) is 4. The number of para-hydroxylation sites is 1. The molecule has 2 aromatic carbocycles. The van der Waals surface area contributed by atoms with Gasteiger partial charge in [-0.3, -0.25) is 9.89 Å². The van der Waals surface area contributed by atoms with Crippen molar-refractivity contribution in [3.05, 3.63) is 71.0 Å². The second-order valence-corrected chi connectivity index (χ2v) is 7.88. The summed E-state index contributed by atoms with van der Waals surface area (Å²) in [6.07, 6.45) is 1.50. The average molecular weight is 414 g/mol. The maximum Gasteiger partial charge on any atom is 0.253 e. The number of halogens is 1. The molecule has 0 unspecified atom stereocenters. The van der Waals surface area contributed by atoms with E-state index < -0.39 is 0 Å². The van der Waals surface area contributed by atoms with Crippen LogP contribution >= 0.6 is 23.4 Å². The van der Waals surface area contributed by atoms with E-state index >= 15 is 0 Å². The van der Waals surface area contributed by atoms with Crippen LogP contribution in [0.15, 0.2) is 60.0 Å². The number of anilines is 1. The van der Waals surface area contributed by atoms with E-state index in [2.05, 4.69) is 20.1 Å². The molecular weight excluding hydrogens is 394 g/mol. The van der Waals surface area contributed by atoms with Gasteiger partial charge in [0.05, 0.1) is 10.7 Å². The number of hydrogen-bond donors (Lipinski definition) is 1. The Hall–Kier alpha value is -2.51. The van der Waals surface area contributed by atoms with Gasteiger partial charge in [0.25, 0.3) is 5.91 Å². The fourth-order valence-electron chi connectivity index (χ4n) is 3.20. The smallest absolute Gasteiger partial charge is 0.253 e. The molecule has 0 saturated carbocycles. The molecule has 1 aliphatic heterocycles. The topological polar surface area (TPSA) is 65.1 Å². The van der Waals surface area contributed by atoms with Crippen LogP contribution in [0.4, 0.5) is 5.69 Å². The summed E-state index contributed by atoms with van der Waals surface area (Å²) in [6, 6.07) is 15.6. The molecule has 1 aromatic heterocycles. The number of hydrogen-bond acceptors (Lipinski definition) is 5. The average Bonchev–Trinajstić information content (AvgIpc) is 3.26. The number of H-pyrrole nitrogens is 1. The van der Waals surface area contributed by atoms with E-state index in [1.54, 1.807) is 11.8 Å². The van der Waals surface area contributed by atoms with Crippen LogP contribution in [0.25, 0.3) is 0 Å². The number of benzene rings is 2. The third kappa shape index (κ3) is 4.31. The van der Waals surface area contributed by atoms with Gasteiger partial charge in [0.15, 0.2) is 5.16 Å². The molecule has 0 aliphatic carbocycles. The van der Waals surface area contributed by atoms with Gasteiger partial charge in [-0.05, 0) is 29.8 Å². The van der Waals surface area contributed by atoms with Gasteiger partial charge in [0.2, 0.25) is 0 Å². The summed E-state index contributed by atoms with van der Waals surface area (Å²) in [4.78, 5) is 21.1. The molecule has 0 spiro atoms. The Morgan fingerprint density at radius 1 is 1.07 bits per heavy atom. The van der Waals surface area contributed by atoms with Gasteiger partial charge in [-0.2, -0.15) is 5.10 Å². The number of thioether (sulfide) groups is 1. The van der Waals surface area contributed by atoms with E-state index in [0.29, 0.717) is 13.1 Å². The van der Waals surface area contributed by atoms with E-state index in [-0.39, 0.29) is 5.91 Å². The van der Waals surface area contributed by atoms with E-state index in [9.17, 15) is 4.79 Å². The summed E-state index contributed by atoms with van der Waals surface area (Å²) in [5, 5.41) is 8.20. The molecule has 144 valence electrons. The molecule has 1 N–H and O–H groups in total. The molecule has 6 nitrogen and oxygen atoms in total. The first-order valence-corrected chi connectivity index (χ1v) is 10.4. The van der Waals surface area contributed by atoms with E-state index in [1.165, 1.54) is 6.33 Å². The Labute approximate surface area is 172 Å². The molecule has 0 radical (unpaired) electrons. The number of rotatable bonds is 5. The second kappa shape index (κ2) is 8.67. The molecule has 2 heterocycles. The van der Waals surface area contributed by atoms with Gasteiger partial charge < -0.3 is 9.80 Å². The lowest BCUT2D eigenvalue weighted by molar-refractivity contribution is 0.0747. The van der Waals surface area contributed by atoms with Crippen molar-refractivity contribution in [1.29, 1.82) is 0 Å². The van der Waals surface area contributed by atoms with Crippen molar-refractivity contribution < 1.29 is 4.79 Å². The van der Waals surface area contributed by atoms with Gasteiger partial charge in [-0.1, -0.05) is 47.6 Å². The fourth-order valence-corrected chi connectivity index (χ4v) is 4.19. The Balaban J connectivity index is 1.33. The van der Waals surface area contributed by atoms with Crippen LogP contribution in [0, 0.1) is 0 Å². The third-order valence-corrected chi connectivity index (χ3v) is 6.00. The molecule has 0 atom stereocenters. The summed E-state index contributed by atoms with van der Waals surface area (Å²) < 4.78 is 0. The number of carbonyl (C=O) groups is 1. The predicted molar refractivity (Wildman–Crippen MR) is 112 cm³/mol. The minimum atomic E-state index is 0.0771. The summed E-state index contributed by atoms with van der Waals surface area (Å²) in [7, 11) is 0. The highest BCUT2D eigenvalue weighted by Gasteiger charge is 2.23. The summed E-state index contributed by atoms with van der Waals surface area (Å²) in [5.74, 6) is 0.855. The molecular formula is C20H20ClN5OS. The van der Waals surface area contributed by atoms with Crippen molar-refractivity contribution in [3.63, 3.8) is 0 Å². The molecule has 1 aliphatic rings. The largest absolute Gasteiger partial charge is 0.367 e. The van der Waals surface area contributed by atoms with Crippen LogP contribution in [0.1, 0.15) is 15.9 Å².